The van der Waals surface area contributed by atoms with Crippen LogP contribution >= 0.6 is 22.6 Å². The van der Waals surface area contributed by atoms with E-state index in [1.54, 1.807) is 0 Å². The van der Waals surface area contributed by atoms with Crippen LogP contribution in [0.25, 0.3) is 11.4 Å². The fourth-order valence-corrected chi connectivity index (χ4v) is 3.43. The van der Waals surface area contributed by atoms with E-state index in [1.807, 2.05) is 7.05 Å². The average Bonchev–Trinajstić information content (AvgIpc) is 2.39. The summed E-state index contributed by atoms with van der Waals surface area (Å²) in [5, 5.41) is 3.18. The van der Waals surface area contributed by atoms with E-state index < -0.39 is 0 Å². The highest BCUT2D eigenvalue weighted by molar-refractivity contribution is 14.1. The number of hydrogen-bond donors (Lipinski definition) is 1. The predicted octanol–water partition coefficient (Wildman–Crippen LogP) is 4.53. The molecule has 0 fully saturated rings. The van der Waals surface area contributed by atoms with Gasteiger partial charge in [-0.15, -0.1) is 0 Å². The minimum absolute atomic E-state index is 0.375. The molecule has 1 N–H and O–H groups in total. The third kappa shape index (κ3) is 2.80. The maximum atomic E-state index is 4.81. The summed E-state index contributed by atoms with van der Waals surface area (Å²) in [6, 6.07) is 6.29. The molecule has 106 valence electrons. The Labute approximate surface area is 134 Å². The predicted molar refractivity (Wildman–Crippen MR) is 93.3 cm³/mol. The summed E-state index contributed by atoms with van der Waals surface area (Å²) in [5.41, 5.74) is 4.66. The highest BCUT2D eigenvalue weighted by Crippen LogP contribution is 2.30. The van der Waals surface area contributed by atoms with Gasteiger partial charge in [0.05, 0.1) is 9.26 Å². The third-order valence-electron chi connectivity index (χ3n) is 3.37. The summed E-state index contributed by atoms with van der Waals surface area (Å²) >= 11 is 2.32. The minimum Gasteiger partial charge on any atom is -0.372 e. The monoisotopic (exact) mass is 381 g/mol. The van der Waals surface area contributed by atoms with E-state index in [0.717, 1.165) is 26.5 Å². The van der Waals surface area contributed by atoms with E-state index >= 15 is 0 Å². The topological polar surface area (TPSA) is 37.8 Å². The maximum absolute atomic E-state index is 4.81. The lowest BCUT2D eigenvalue weighted by Gasteiger charge is -2.15. The summed E-state index contributed by atoms with van der Waals surface area (Å²) < 4.78 is 1.11. The Balaban J connectivity index is 2.72. The molecule has 2 aromatic rings. The molecule has 1 aromatic heterocycles. The van der Waals surface area contributed by atoms with Crippen LogP contribution in [0.5, 0.6) is 0 Å². The van der Waals surface area contributed by atoms with Crippen molar-refractivity contribution in [1.29, 1.82) is 0 Å². The van der Waals surface area contributed by atoms with Gasteiger partial charge in [0.15, 0.2) is 5.82 Å². The number of halogens is 1. The molecule has 0 aliphatic heterocycles. The van der Waals surface area contributed by atoms with Crippen molar-refractivity contribution in [2.75, 3.05) is 12.4 Å². The quantitative estimate of drug-likeness (QED) is 0.794. The molecule has 0 radical (unpaired) electrons. The summed E-state index contributed by atoms with van der Waals surface area (Å²) in [5.74, 6) is 2.09. The van der Waals surface area contributed by atoms with Gasteiger partial charge in [0.25, 0.3) is 0 Å². The van der Waals surface area contributed by atoms with Crippen LogP contribution in [0.15, 0.2) is 18.2 Å². The molecule has 0 saturated heterocycles. The molecule has 0 aliphatic rings. The summed E-state index contributed by atoms with van der Waals surface area (Å²) in [6.07, 6.45) is 0. The standard InChI is InChI=1S/C16H20IN3/c1-9(2)14-13(17)16(18-5)20-15(19-14)12-10(3)7-6-8-11(12)4/h6-9H,1-5H3,(H,18,19,20). The van der Waals surface area contributed by atoms with Crippen molar-refractivity contribution in [3.8, 4) is 11.4 Å². The second-order valence-corrected chi connectivity index (χ2v) is 6.35. The lowest BCUT2D eigenvalue weighted by molar-refractivity contribution is 0.809. The van der Waals surface area contributed by atoms with E-state index in [1.165, 1.54) is 11.1 Å². The van der Waals surface area contributed by atoms with Gasteiger partial charge >= 0.3 is 0 Å². The Morgan fingerprint density at radius 3 is 2.20 bits per heavy atom. The van der Waals surface area contributed by atoms with Crippen molar-refractivity contribution >= 4 is 28.4 Å². The zero-order valence-corrected chi connectivity index (χ0v) is 14.7. The molecule has 3 nitrogen and oxygen atoms in total. The number of nitrogens with one attached hydrogen (secondary N) is 1. The van der Waals surface area contributed by atoms with Crippen molar-refractivity contribution in [2.45, 2.75) is 33.6 Å². The largest absolute Gasteiger partial charge is 0.372 e. The number of rotatable bonds is 3. The van der Waals surface area contributed by atoms with Gasteiger partial charge in [0, 0.05) is 12.6 Å². The van der Waals surface area contributed by atoms with Crippen LogP contribution in [0.2, 0.25) is 0 Å². The molecule has 0 amide bonds. The van der Waals surface area contributed by atoms with Crippen LogP contribution in [0, 0.1) is 17.4 Å². The van der Waals surface area contributed by atoms with Gasteiger partial charge in [-0.25, -0.2) is 9.97 Å². The molecule has 0 atom stereocenters. The zero-order chi connectivity index (χ0) is 14.9. The number of benzene rings is 1. The van der Waals surface area contributed by atoms with Gasteiger partial charge in [-0.05, 0) is 53.5 Å². The number of hydrogen-bond acceptors (Lipinski definition) is 3. The lowest BCUT2D eigenvalue weighted by Crippen LogP contribution is -2.07. The van der Waals surface area contributed by atoms with Gasteiger partial charge in [-0.1, -0.05) is 32.0 Å². The molecule has 0 unspecified atom stereocenters. The van der Waals surface area contributed by atoms with Crippen molar-refractivity contribution in [3.63, 3.8) is 0 Å². The van der Waals surface area contributed by atoms with Crippen LogP contribution in [0.4, 0.5) is 5.82 Å². The van der Waals surface area contributed by atoms with E-state index in [2.05, 4.69) is 73.8 Å². The molecule has 1 heterocycles. The number of nitrogens with zero attached hydrogens (tertiary/aromatic N) is 2. The van der Waals surface area contributed by atoms with Gasteiger partial charge in [0.2, 0.25) is 0 Å². The first-order valence-electron chi connectivity index (χ1n) is 6.77. The van der Waals surface area contributed by atoms with Crippen LogP contribution < -0.4 is 5.32 Å². The molecule has 0 saturated carbocycles. The van der Waals surface area contributed by atoms with Crippen LogP contribution in [-0.4, -0.2) is 17.0 Å². The molecule has 0 bridgehead atoms. The minimum atomic E-state index is 0.375. The first-order chi connectivity index (χ1) is 9.45. The summed E-state index contributed by atoms with van der Waals surface area (Å²) in [6.45, 7) is 8.55. The summed E-state index contributed by atoms with van der Waals surface area (Å²) in [4.78, 5) is 9.51. The van der Waals surface area contributed by atoms with E-state index in [9.17, 15) is 0 Å². The Kier molecular flexibility index (Phi) is 4.62. The van der Waals surface area contributed by atoms with Gasteiger partial charge in [0.1, 0.15) is 5.82 Å². The summed E-state index contributed by atoms with van der Waals surface area (Å²) in [7, 11) is 1.91. The number of aryl methyl sites for hydroxylation is 2. The van der Waals surface area contributed by atoms with Gasteiger partial charge in [-0.2, -0.15) is 0 Å². The zero-order valence-electron chi connectivity index (χ0n) is 12.6. The van der Waals surface area contributed by atoms with E-state index in [-0.39, 0.29) is 0 Å². The number of anilines is 1. The van der Waals surface area contributed by atoms with Crippen molar-refractivity contribution in [2.24, 2.45) is 0 Å². The smallest absolute Gasteiger partial charge is 0.162 e. The lowest BCUT2D eigenvalue weighted by atomic mass is 10.0. The first kappa shape index (κ1) is 15.2. The van der Waals surface area contributed by atoms with E-state index in [0.29, 0.717) is 5.92 Å². The molecular formula is C16H20IN3. The SMILES string of the molecule is CNc1nc(-c2c(C)cccc2C)nc(C(C)C)c1I. The molecular weight excluding hydrogens is 361 g/mol. The van der Waals surface area contributed by atoms with E-state index in [4.69, 9.17) is 9.97 Å². The normalized spacial score (nSPS) is 10.9. The Hall–Kier alpha value is -1.17. The van der Waals surface area contributed by atoms with Crippen LogP contribution in [-0.2, 0) is 0 Å². The molecule has 2 rings (SSSR count). The number of aromatic nitrogens is 2. The molecule has 4 heteroatoms. The second kappa shape index (κ2) is 6.08. The first-order valence-corrected chi connectivity index (χ1v) is 7.85. The molecule has 1 aromatic carbocycles. The fourth-order valence-electron chi connectivity index (χ4n) is 2.29. The Morgan fingerprint density at radius 1 is 1.10 bits per heavy atom. The second-order valence-electron chi connectivity index (χ2n) is 5.27. The van der Waals surface area contributed by atoms with Crippen molar-refractivity contribution < 1.29 is 0 Å². The fraction of sp³-hybridized carbons (Fsp3) is 0.375. The Morgan fingerprint density at radius 2 is 1.70 bits per heavy atom. The molecule has 0 aliphatic carbocycles. The van der Waals surface area contributed by atoms with Crippen molar-refractivity contribution in [1.82, 2.24) is 9.97 Å². The molecule has 20 heavy (non-hydrogen) atoms. The van der Waals surface area contributed by atoms with Crippen molar-refractivity contribution in [3.05, 3.63) is 38.6 Å². The highest BCUT2D eigenvalue weighted by atomic mass is 127. The van der Waals surface area contributed by atoms with Crippen LogP contribution in [0.3, 0.4) is 0 Å². The maximum Gasteiger partial charge on any atom is 0.162 e. The highest BCUT2D eigenvalue weighted by Gasteiger charge is 2.17. The average molecular weight is 381 g/mol. The van der Waals surface area contributed by atoms with Gasteiger partial charge < -0.3 is 5.32 Å². The molecule has 0 spiro atoms. The third-order valence-corrected chi connectivity index (χ3v) is 4.43. The van der Waals surface area contributed by atoms with Crippen LogP contribution in [0.1, 0.15) is 36.6 Å². The van der Waals surface area contributed by atoms with Gasteiger partial charge in [-0.3, -0.25) is 0 Å². The Bertz CT molecular complexity index is 616.